The van der Waals surface area contributed by atoms with Gasteiger partial charge < -0.3 is 15.7 Å². The molecule has 2 atom stereocenters. The number of hydrogen-bond donors (Lipinski definition) is 3. The van der Waals surface area contributed by atoms with Crippen LogP contribution in [0.25, 0.3) is 5.69 Å². The molecule has 2 unspecified atom stereocenters. The molecular formula is C20H23Cl2N5O2. The van der Waals surface area contributed by atoms with Gasteiger partial charge in [0, 0.05) is 31.5 Å². The summed E-state index contributed by atoms with van der Waals surface area (Å²) in [7, 11) is 0. The molecule has 7 nitrogen and oxygen atoms in total. The van der Waals surface area contributed by atoms with Gasteiger partial charge >= 0.3 is 0 Å². The van der Waals surface area contributed by atoms with Crippen molar-refractivity contribution in [3.63, 3.8) is 0 Å². The topological polar surface area (TPSA) is 92.1 Å². The zero-order chi connectivity index (χ0) is 18.6. The van der Waals surface area contributed by atoms with Gasteiger partial charge in [-0.05, 0) is 29.7 Å². The Labute approximate surface area is 181 Å². The second-order valence-electron chi connectivity index (χ2n) is 6.62. The number of rotatable bonds is 5. The minimum atomic E-state index is -0.671. The third-order valence-electron chi connectivity index (χ3n) is 4.80. The van der Waals surface area contributed by atoms with Crippen LogP contribution in [0.5, 0.6) is 0 Å². The highest BCUT2D eigenvalue weighted by atomic mass is 35.5. The quantitative estimate of drug-likeness (QED) is 0.569. The zero-order valence-corrected chi connectivity index (χ0v) is 17.2. The maximum atomic E-state index is 12.4. The van der Waals surface area contributed by atoms with Crippen LogP contribution in [0.3, 0.4) is 0 Å². The predicted molar refractivity (Wildman–Crippen MR) is 115 cm³/mol. The number of aliphatic hydroxyl groups is 1. The molecule has 3 aromatic rings. The molecule has 1 aliphatic rings. The highest BCUT2D eigenvalue weighted by Gasteiger charge is 2.24. The molecule has 154 valence electrons. The Morgan fingerprint density at radius 2 is 2.00 bits per heavy atom. The van der Waals surface area contributed by atoms with Crippen molar-refractivity contribution in [3.8, 4) is 5.69 Å². The van der Waals surface area contributed by atoms with Gasteiger partial charge in [0.1, 0.15) is 0 Å². The fourth-order valence-electron chi connectivity index (χ4n) is 3.26. The highest BCUT2D eigenvalue weighted by molar-refractivity contribution is 5.93. The van der Waals surface area contributed by atoms with E-state index < -0.39 is 6.10 Å². The van der Waals surface area contributed by atoms with Gasteiger partial charge in [0.15, 0.2) is 0 Å². The van der Waals surface area contributed by atoms with E-state index in [0.29, 0.717) is 5.56 Å². The van der Waals surface area contributed by atoms with E-state index in [1.165, 1.54) is 17.3 Å². The van der Waals surface area contributed by atoms with Crippen molar-refractivity contribution in [2.75, 3.05) is 6.54 Å². The van der Waals surface area contributed by atoms with Crippen molar-refractivity contribution in [1.29, 1.82) is 0 Å². The molecule has 0 aliphatic carbocycles. The average molecular weight is 436 g/mol. The van der Waals surface area contributed by atoms with E-state index in [0.717, 1.165) is 18.7 Å². The molecule has 1 aliphatic heterocycles. The largest absolute Gasteiger partial charge is 0.390 e. The molecule has 0 saturated carbocycles. The Morgan fingerprint density at radius 3 is 2.76 bits per heavy atom. The van der Waals surface area contributed by atoms with Crippen LogP contribution in [0.2, 0.25) is 0 Å². The van der Waals surface area contributed by atoms with Crippen LogP contribution in [-0.2, 0) is 13.0 Å². The smallest absolute Gasteiger partial charge is 0.254 e. The summed E-state index contributed by atoms with van der Waals surface area (Å²) in [5.74, 6) is -0.264. The van der Waals surface area contributed by atoms with E-state index in [4.69, 9.17) is 0 Å². The second-order valence-corrected chi connectivity index (χ2v) is 6.62. The predicted octanol–water partition coefficient (Wildman–Crippen LogP) is 1.92. The molecule has 0 fully saturated rings. The molecular weight excluding hydrogens is 413 g/mol. The van der Waals surface area contributed by atoms with Gasteiger partial charge in [0.2, 0.25) is 0 Å². The lowest BCUT2D eigenvalue weighted by atomic mass is 9.93. The Morgan fingerprint density at radius 1 is 1.21 bits per heavy atom. The number of aromatic nitrogens is 3. The van der Waals surface area contributed by atoms with Gasteiger partial charge in [-0.1, -0.05) is 24.3 Å². The molecule has 3 heterocycles. The summed E-state index contributed by atoms with van der Waals surface area (Å²) in [6.07, 6.45) is 6.57. The maximum Gasteiger partial charge on any atom is 0.254 e. The monoisotopic (exact) mass is 435 g/mol. The fourth-order valence-corrected chi connectivity index (χ4v) is 3.26. The molecule has 29 heavy (non-hydrogen) atoms. The molecule has 0 bridgehead atoms. The third-order valence-corrected chi connectivity index (χ3v) is 4.80. The van der Waals surface area contributed by atoms with Gasteiger partial charge in [-0.2, -0.15) is 5.10 Å². The summed E-state index contributed by atoms with van der Waals surface area (Å²) in [5.41, 5.74) is 3.71. The van der Waals surface area contributed by atoms with Crippen LogP contribution in [-0.4, -0.2) is 44.5 Å². The van der Waals surface area contributed by atoms with Crippen molar-refractivity contribution in [1.82, 2.24) is 25.4 Å². The summed E-state index contributed by atoms with van der Waals surface area (Å²) in [6, 6.07) is 11.8. The summed E-state index contributed by atoms with van der Waals surface area (Å²) < 4.78 is 1.60. The number of hydrogen-bond acceptors (Lipinski definition) is 5. The first-order chi connectivity index (χ1) is 13.2. The molecule has 2 aromatic heterocycles. The lowest BCUT2D eigenvalue weighted by Gasteiger charge is -2.29. The van der Waals surface area contributed by atoms with Crippen LogP contribution in [0.15, 0.2) is 61.2 Å². The van der Waals surface area contributed by atoms with Gasteiger partial charge in [0.05, 0.1) is 29.7 Å². The number of nitrogens with zero attached hydrogens (tertiary/aromatic N) is 3. The number of aliphatic hydroxyl groups excluding tert-OH is 1. The Balaban J connectivity index is 0.00000150. The van der Waals surface area contributed by atoms with E-state index in [1.54, 1.807) is 23.3 Å². The Hall–Kier alpha value is -2.45. The van der Waals surface area contributed by atoms with E-state index in [-0.39, 0.29) is 43.3 Å². The van der Waals surface area contributed by atoms with Crippen molar-refractivity contribution in [3.05, 3.63) is 77.9 Å². The zero-order valence-electron chi connectivity index (χ0n) is 15.6. The molecule has 9 heteroatoms. The minimum Gasteiger partial charge on any atom is -0.390 e. The Kier molecular flexibility index (Phi) is 8.16. The molecule has 0 spiro atoms. The van der Waals surface area contributed by atoms with E-state index in [2.05, 4.69) is 32.8 Å². The molecule has 0 radical (unpaired) electrons. The standard InChI is InChI=1S/C20H21N5O2.2ClH/c26-19(18-8-14-4-1-2-5-15(14)9-22-18)12-23-20(27)16-10-24-25(13-16)17-6-3-7-21-11-17;;/h1-7,10-11,13,18-19,22,26H,8-9,12H2,(H,23,27);2*1H. The van der Waals surface area contributed by atoms with Gasteiger partial charge in [0.25, 0.3) is 5.91 Å². The van der Waals surface area contributed by atoms with Crippen molar-refractivity contribution in [2.45, 2.75) is 25.1 Å². The summed E-state index contributed by atoms with van der Waals surface area (Å²) in [6.45, 7) is 0.903. The van der Waals surface area contributed by atoms with Gasteiger partial charge in [-0.15, -0.1) is 24.8 Å². The average Bonchev–Trinajstić information content (AvgIpc) is 3.22. The first-order valence-electron chi connectivity index (χ1n) is 8.92. The lowest BCUT2D eigenvalue weighted by molar-refractivity contribution is 0.0870. The number of benzene rings is 1. The number of pyridine rings is 1. The maximum absolute atomic E-state index is 12.4. The van der Waals surface area contributed by atoms with Crippen LogP contribution < -0.4 is 10.6 Å². The first kappa shape index (κ1) is 22.8. The van der Waals surface area contributed by atoms with Crippen LogP contribution in [0.1, 0.15) is 21.5 Å². The summed E-state index contributed by atoms with van der Waals surface area (Å²) >= 11 is 0. The van der Waals surface area contributed by atoms with Crippen molar-refractivity contribution < 1.29 is 9.90 Å². The van der Waals surface area contributed by atoms with Crippen LogP contribution in [0, 0.1) is 0 Å². The van der Waals surface area contributed by atoms with E-state index >= 15 is 0 Å². The third kappa shape index (κ3) is 5.33. The number of amides is 1. The van der Waals surface area contributed by atoms with Crippen LogP contribution in [0.4, 0.5) is 0 Å². The van der Waals surface area contributed by atoms with Crippen molar-refractivity contribution in [2.24, 2.45) is 0 Å². The minimum absolute atomic E-state index is 0. The first-order valence-corrected chi connectivity index (χ1v) is 8.92. The Bertz CT molecular complexity index is 935. The van der Waals surface area contributed by atoms with E-state index in [9.17, 15) is 9.90 Å². The fraction of sp³-hybridized carbons (Fsp3) is 0.250. The number of carbonyl (C=O) groups excluding carboxylic acids is 1. The summed E-state index contributed by atoms with van der Waals surface area (Å²) in [5, 5.41) is 20.8. The number of halogens is 2. The lowest BCUT2D eigenvalue weighted by Crippen LogP contribution is -2.49. The molecule has 1 amide bonds. The van der Waals surface area contributed by atoms with Crippen molar-refractivity contribution >= 4 is 30.7 Å². The van der Waals surface area contributed by atoms with Gasteiger partial charge in [-0.25, -0.2) is 4.68 Å². The number of nitrogens with one attached hydrogen (secondary N) is 2. The second kappa shape index (κ2) is 10.4. The number of carbonyl (C=O) groups is 1. The molecule has 0 saturated heterocycles. The van der Waals surface area contributed by atoms with Gasteiger partial charge in [-0.3, -0.25) is 9.78 Å². The molecule has 4 rings (SSSR count). The molecule has 3 N–H and O–H groups in total. The molecule has 1 aromatic carbocycles. The highest BCUT2D eigenvalue weighted by Crippen LogP contribution is 2.17. The SMILES string of the molecule is Cl.Cl.O=C(NCC(O)C1Cc2ccccc2CN1)c1cnn(-c2cccnc2)c1. The van der Waals surface area contributed by atoms with E-state index in [1.807, 2.05) is 24.3 Å². The normalized spacial score (nSPS) is 16.0. The number of fused-ring (bicyclic) bond motifs is 1. The van der Waals surface area contributed by atoms with Crippen LogP contribution >= 0.6 is 24.8 Å². The summed E-state index contributed by atoms with van der Waals surface area (Å²) in [4.78, 5) is 16.4.